The number of rotatable bonds is 3. The quantitative estimate of drug-likeness (QED) is 0.640. The molecule has 1 N–H and O–H groups in total. The monoisotopic (exact) mass is 395 g/mol. The molecule has 0 aromatic heterocycles. The zero-order valence-corrected chi connectivity index (χ0v) is 14.2. The summed E-state index contributed by atoms with van der Waals surface area (Å²) in [5.41, 5.74) is 1.01. The molecule has 0 aliphatic rings. The van der Waals surface area contributed by atoms with Crippen molar-refractivity contribution in [1.29, 1.82) is 0 Å². The maximum absolute atomic E-state index is 14.2. The molecular formula is C14H10BrCl3FN. The summed E-state index contributed by atoms with van der Waals surface area (Å²) < 4.78 is 14.7. The van der Waals surface area contributed by atoms with Crippen LogP contribution in [0.25, 0.3) is 0 Å². The highest BCUT2D eigenvalue weighted by atomic mass is 79.9. The van der Waals surface area contributed by atoms with Crippen LogP contribution in [0.5, 0.6) is 0 Å². The molecule has 1 atom stereocenters. The minimum atomic E-state index is -0.484. The van der Waals surface area contributed by atoms with Gasteiger partial charge in [0.15, 0.2) is 0 Å². The molecule has 1 unspecified atom stereocenters. The molecule has 2 rings (SSSR count). The van der Waals surface area contributed by atoms with Crippen LogP contribution >= 0.6 is 50.7 Å². The molecule has 0 bridgehead atoms. The van der Waals surface area contributed by atoms with Crippen molar-refractivity contribution in [2.45, 2.75) is 6.04 Å². The summed E-state index contributed by atoms with van der Waals surface area (Å²) in [5.74, 6) is -0.392. The Morgan fingerprint density at radius 2 is 1.70 bits per heavy atom. The molecular weight excluding hydrogens is 387 g/mol. The van der Waals surface area contributed by atoms with Gasteiger partial charge in [-0.2, -0.15) is 0 Å². The van der Waals surface area contributed by atoms with Crippen LogP contribution in [0.2, 0.25) is 15.1 Å². The van der Waals surface area contributed by atoms with Crippen LogP contribution in [0.15, 0.2) is 34.8 Å². The standard InChI is InChI=1S/C14H10BrCl3FN/c1-20-14(13-9(16)3-2-4-10(13)17)7-5-11(18)8(15)6-12(7)19/h2-6,14,20H,1H3. The first kappa shape index (κ1) is 16.1. The molecule has 106 valence electrons. The van der Waals surface area contributed by atoms with Crippen molar-refractivity contribution in [1.82, 2.24) is 5.32 Å². The molecule has 0 aliphatic carbocycles. The van der Waals surface area contributed by atoms with Gasteiger partial charge in [-0.15, -0.1) is 0 Å². The van der Waals surface area contributed by atoms with Gasteiger partial charge < -0.3 is 5.32 Å². The average Bonchev–Trinajstić information content (AvgIpc) is 2.39. The van der Waals surface area contributed by atoms with Gasteiger partial charge in [-0.25, -0.2) is 4.39 Å². The summed E-state index contributed by atoms with van der Waals surface area (Å²) in [5, 5.41) is 4.38. The van der Waals surface area contributed by atoms with Gasteiger partial charge in [0.25, 0.3) is 0 Å². The Morgan fingerprint density at radius 3 is 2.25 bits per heavy atom. The number of hydrogen-bond acceptors (Lipinski definition) is 1. The number of hydrogen-bond donors (Lipinski definition) is 1. The van der Waals surface area contributed by atoms with Gasteiger partial charge >= 0.3 is 0 Å². The second-order valence-corrected chi connectivity index (χ2v) is 6.22. The first-order valence-electron chi connectivity index (χ1n) is 5.71. The predicted octanol–water partition coefficient (Wildman–Crippen LogP) is 5.86. The van der Waals surface area contributed by atoms with E-state index >= 15 is 0 Å². The Morgan fingerprint density at radius 1 is 1.10 bits per heavy atom. The second kappa shape index (κ2) is 6.63. The number of nitrogens with one attached hydrogen (secondary N) is 1. The topological polar surface area (TPSA) is 12.0 Å². The molecule has 0 amide bonds. The van der Waals surface area contributed by atoms with Crippen molar-refractivity contribution in [2.75, 3.05) is 7.05 Å². The Kier molecular flexibility index (Phi) is 5.32. The van der Waals surface area contributed by atoms with Gasteiger partial charge in [0.05, 0.1) is 11.1 Å². The smallest absolute Gasteiger partial charge is 0.129 e. The van der Waals surface area contributed by atoms with Crippen LogP contribution in [0.1, 0.15) is 17.2 Å². The highest BCUT2D eigenvalue weighted by molar-refractivity contribution is 9.10. The molecule has 20 heavy (non-hydrogen) atoms. The van der Waals surface area contributed by atoms with Crippen molar-refractivity contribution in [3.05, 3.63) is 66.8 Å². The van der Waals surface area contributed by atoms with E-state index in [2.05, 4.69) is 21.2 Å². The van der Waals surface area contributed by atoms with Gasteiger partial charge in [-0.1, -0.05) is 40.9 Å². The maximum Gasteiger partial charge on any atom is 0.129 e. The van der Waals surface area contributed by atoms with E-state index in [4.69, 9.17) is 34.8 Å². The van der Waals surface area contributed by atoms with Gasteiger partial charge in [0.1, 0.15) is 5.82 Å². The first-order chi connectivity index (χ1) is 9.45. The van der Waals surface area contributed by atoms with E-state index in [1.165, 1.54) is 6.07 Å². The summed E-state index contributed by atoms with van der Waals surface area (Å²) in [4.78, 5) is 0. The summed E-state index contributed by atoms with van der Waals surface area (Å²) >= 11 is 21.6. The molecule has 6 heteroatoms. The Balaban J connectivity index is 2.62. The van der Waals surface area contributed by atoms with E-state index < -0.39 is 11.9 Å². The third-order valence-electron chi connectivity index (χ3n) is 2.93. The highest BCUT2D eigenvalue weighted by Crippen LogP contribution is 2.37. The highest BCUT2D eigenvalue weighted by Gasteiger charge is 2.22. The Bertz CT molecular complexity index is 628. The molecule has 0 heterocycles. The summed E-state index contributed by atoms with van der Waals surface area (Å²) in [6, 6.07) is 7.57. The number of halogens is 5. The van der Waals surface area contributed by atoms with E-state index in [-0.39, 0.29) is 0 Å². The van der Waals surface area contributed by atoms with Crippen molar-refractivity contribution >= 4 is 50.7 Å². The zero-order valence-electron chi connectivity index (χ0n) is 10.4. The molecule has 0 radical (unpaired) electrons. The van der Waals surface area contributed by atoms with E-state index in [1.807, 2.05) is 0 Å². The average molecular weight is 398 g/mol. The molecule has 2 aromatic rings. The van der Waals surface area contributed by atoms with E-state index in [9.17, 15) is 4.39 Å². The van der Waals surface area contributed by atoms with E-state index in [0.29, 0.717) is 30.7 Å². The lowest BCUT2D eigenvalue weighted by Gasteiger charge is -2.21. The molecule has 0 fully saturated rings. The summed E-state index contributed by atoms with van der Waals surface area (Å²) in [6.07, 6.45) is 0. The van der Waals surface area contributed by atoms with E-state index in [1.54, 1.807) is 31.3 Å². The summed E-state index contributed by atoms with van der Waals surface area (Å²) in [7, 11) is 1.71. The molecule has 0 saturated carbocycles. The third-order valence-corrected chi connectivity index (χ3v) is 4.78. The van der Waals surface area contributed by atoms with Crippen molar-refractivity contribution in [2.24, 2.45) is 0 Å². The number of benzene rings is 2. The fourth-order valence-corrected chi connectivity index (χ4v) is 3.10. The summed E-state index contributed by atoms with van der Waals surface area (Å²) in [6.45, 7) is 0. The van der Waals surface area contributed by atoms with Gasteiger partial charge in [0, 0.05) is 25.6 Å². The van der Waals surface area contributed by atoms with Crippen molar-refractivity contribution in [3.63, 3.8) is 0 Å². The second-order valence-electron chi connectivity index (χ2n) is 4.14. The van der Waals surface area contributed by atoms with E-state index in [0.717, 1.165) is 0 Å². The molecule has 2 aromatic carbocycles. The molecule has 0 spiro atoms. The van der Waals surface area contributed by atoms with Crippen LogP contribution in [-0.4, -0.2) is 7.05 Å². The van der Waals surface area contributed by atoms with Gasteiger partial charge in [-0.05, 0) is 47.2 Å². The zero-order chi connectivity index (χ0) is 14.9. The minimum absolute atomic E-state index is 0.385. The first-order valence-corrected chi connectivity index (χ1v) is 7.64. The van der Waals surface area contributed by atoms with Crippen LogP contribution < -0.4 is 5.32 Å². The largest absolute Gasteiger partial charge is 0.309 e. The van der Waals surface area contributed by atoms with Crippen molar-refractivity contribution in [3.8, 4) is 0 Å². The van der Waals surface area contributed by atoms with Crippen LogP contribution in [0.4, 0.5) is 4.39 Å². The Hall–Kier alpha value is -0.320. The molecule has 1 nitrogen and oxygen atoms in total. The fourth-order valence-electron chi connectivity index (χ4n) is 2.00. The predicted molar refractivity (Wildman–Crippen MR) is 86.5 cm³/mol. The fraction of sp³-hybridized carbons (Fsp3) is 0.143. The van der Waals surface area contributed by atoms with Crippen LogP contribution in [-0.2, 0) is 0 Å². The lowest BCUT2D eigenvalue weighted by Crippen LogP contribution is -2.20. The SMILES string of the molecule is CNC(c1cc(Cl)c(Br)cc1F)c1c(Cl)cccc1Cl. The van der Waals surface area contributed by atoms with Gasteiger partial charge in [0.2, 0.25) is 0 Å². The third kappa shape index (κ3) is 3.12. The lowest BCUT2D eigenvalue weighted by molar-refractivity contribution is 0.575. The Labute approximate surface area is 140 Å². The maximum atomic E-state index is 14.2. The van der Waals surface area contributed by atoms with Crippen LogP contribution in [0.3, 0.4) is 0 Å². The minimum Gasteiger partial charge on any atom is -0.309 e. The lowest BCUT2D eigenvalue weighted by atomic mass is 9.98. The molecule has 0 saturated heterocycles. The normalized spacial score (nSPS) is 12.5. The van der Waals surface area contributed by atoms with Crippen molar-refractivity contribution < 1.29 is 4.39 Å². The van der Waals surface area contributed by atoms with Crippen LogP contribution in [0, 0.1) is 5.82 Å². The molecule has 0 aliphatic heterocycles. The van der Waals surface area contributed by atoms with Gasteiger partial charge in [-0.3, -0.25) is 0 Å².